The Kier molecular flexibility index (Phi) is 4.35. The molecule has 2 N–H and O–H groups in total. The number of aryl methyl sites for hydroxylation is 1. The number of hydrogen-bond donors (Lipinski definition) is 2. The van der Waals surface area contributed by atoms with Gasteiger partial charge in [-0.3, -0.25) is 9.59 Å². The maximum Gasteiger partial charge on any atom is 0.254 e. The average Bonchev–Trinajstić information content (AvgIpc) is 3.34. The van der Waals surface area contributed by atoms with E-state index in [1.54, 1.807) is 16.1 Å². The number of fused-ring (bicyclic) bond motifs is 1. The van der Waals surface area contributed by atoms with Gasteiger partial charge in [-0.15, -0.1) is 0 Å². The minimum absolute atomic E-state index is 0.0116. The van der Waals surface area contributed by atoms with E-state index in [9.17, 15) is 14.7 Å². The molecule has 1 unspecified atom stereocenters. The van der Waals surface area contributed by atoms with Crippen molar-refractivity contribution in [3.05, 3.63) is 53.5 Å². The predicted molar refractivity (Wildman–Crippen MR) is 107 cm³/mol. The number of nitrogens with zero attached hydrogens (tertiary/aromatic N) is 2. The van der Waals surface area contributed by atoms with Gasteiger partial charge in [0.2, 0.25) is 0 Å². The van der Waals surface area contributed by atoms with Gasteiger partial charge in [0.25, 0.3) is 11.8 Å². The van der Waals surface area contributed by atoms with Crippen molar-refractivity contribution in [2.75, 3.05) is 31.5 Å². The lowest BCUT2D eigenvalue weighted by atomic mass is 9.96. The quantitative estimate of drug-likeness (QED) is 0.832. The first-order chi connectivity index (χ1) is 14.0. The van der Waals surface area contributed by atoms with Crippen molar-refractivity contribution in [3.63, 3.8) is 0 Å². The number of carbonyl (C=O) groups excluding carboxylic acids is 2. The number of nitrogens with one attached hydrogen (secondary N) is 1. The number of aliphatic hydroxyl groups is 1. The van der Waals surface area contributed by atoms with Gasteiger partial charge in [-0.1, -0.05) is 12.1 Å². The highest BCUT2D eigenvalue weighted by atomic mass is 16.3. The highest BCUT2D eigenvalue weighted by Crippen LogP contribution is 2.37. The first-order valence-corrected chi connectivity index (χ1v) is 10.3. The molecule has 3 aliphatic rings. The standard InChI is InChI=1S/C22H25N3O4/c26-20(24-10-12-25(13-11-24)21(27)22(28)8-9-22)16-3-1-15(2-4-16)17-5-6-19-18(23-17)7-14-29-19/h1-4,7,14,17,23,28H,5-6,8-13H2. The van der Waals surface area contributed by atoms with Crippen molar-refractivity contribution < 1.29 is 19.1 Å². The largest absolute Gasteiger partial charge is 0.467 e. The van der Waals surface area contributed by atoms with Crippen LogP contribution in [0.5, 0.6) is 0 Å². The number of anilines is 1. The van der Waals surface area contributed by atoms with Crippen LogP contribution >= 0.6 is 0 Å². The van der Waals surface area contributed by atoms with Crippen LogP contribution in [0.15, 0.2) is 41.0 Å². The molecular weight excluding hydrogens is 370 g/mol. The summed E-state index contributed by atoms with van der Waals surface area (Å²) in [6, 6.07) is 9.96. The lowest BCUT2D eigenvalue weighted by Gasteiger charge is -2.35. The molecule has 1 saturated heterocycles. The van der Waals surface area contributed by atoms with Crippen LogP contribution in [0.1, 0.15) is 47.0 Å². The molecule has 2 aromatic rings. The summed E-state index contributed by atoms with van der Waals surface area (Å²) in [4.78, 5) is 28.5. The molecular formula is C22H25N3O4. The second-order valence-electron chi connectivity index (χ2n) is 8.23. The lowest BCUT2D eigenvalue weighted by Crippen LogP contribution is -2.53. The van der Waals surface area contributed by atoms with E-state index in [0.717, 1.165) is 29.9 Å². The van der Waals surface area contributed by atoms with Crippen molar-refractivity contribution in [2.24, 2.45) is 0 Å². The summed E-state index contributed by atoms with van der Waals surface area (Å²) in [5.74, 6) is 0.802. The van der Waals surface area contributed by atoms with Crippen molar-refractivity contribution >= 4 is 17.5 Å². The molecule has 0 radical (unpaired) electrons. The van der Waals surface area contributed by atoms with Gasteiger partial charge in [0.1, 0.15) is 11.4 Å². The zero-order valence-electron chi connectivity index (χ0n) is 16.3. The highest BCUT2D eigenvalue weighted by Gasteiger charge is 2.50. The van der Waals surface area contributed by atoms with Gasteiger partial charge < -0.3 is 24.6 Å². The Hall–Kier alpha value is -2.80. The minimum atomic E-state index is -1.13. The van der Waals surface area contributed by atoms with E-state index < -0.39 is 5.60 Å². The zero-order valence-corrected chi connectivity index (χ0v) is 16.3. The second-order valence-corrected chi connectivity index (χ2v) is 8.23. The fourth-order valence-corrected chi connectivity index (χ4v) is 4.23. The maximum atomic E-state index is 12.8. The third-order valence-corrected chi connectivity index (χ3v) is 6.27. The Labute approximate surface area is 169 Å². The van der Waals surface area contributed by atoms with Gasteiger partial charge in [-0.25, -0.2) is 0 Å². The first-order valence-electron chi connectivity index (χ1n) is 10.3. The summed E-state index contributed by atoms with van der Waals surface area (Å²) in [6.07, 6.45) is 4.67. The van der Waals surface area contributed by atoms with E-state index in [4.69, 9.17) is 4.42 Å². The Morgan fingerprint density at radius 3 is 2.41 bits per heavy atom. The van der Waals surface area contributed by atoms with Crippen LogP contribution in [0, 0.1) is 0 Å². The summed E-state index contributed by atoms with van der Waals surface area (Å²) in [5.41, 5.74) is 1.73. The topological polar surface area (TPSA) is 86.0 Å². The maximum absolute atomic E-state index is 12.8. The average molecular weight is 395 g/mol. The third kappa shape index (κ3) is 3.40. The van der Waals surface area contributed by atoms with Crippen LogP contribution in [0.25, 0.3) is 0 Å². The number of carbonyl (C=O) groups is 2. The lowest BCUT2D eigenvalue weighted by molar-refractivity contribution is -0.143. The molecule has 2 amide bonds. The van der Waals surface area contributed by atoms with Gasteiger partial charge in [0.15, 0.2) is 0 Å². The molecule has 2 aliphatic heterocycles. The van der Waals surface area contributed by atoms with Crippen LogP contribution in [0.4, 0.5) is 5.69 Å². The van der Waals surface area contributed by atoms with E-state index in [-0.39, 0.29) is 17.9 Å². The third-order valence-electron chi connectivity index (χ3n) is 6.27. The van der Waals surface area contributed by atoms with Gasteiger partial charge in [-0.2, -0.15) is 0 Å². The smallest absolute Gasteiger partial charge is 0.254 e. The monoisotopic (exact) mass is 395 g/mol. The first kappa shape index (κ1) is 18.2. The Bertz CT molecular complexity index is 924. The fourth-order valence-electron chi connectivity index (χ4n) is 4.23. The molecule has 0 bridgehead atoms. The summed E-state index contributed by atoms with van der Waals surface area (Å²) in [5, 5.41) is 13.5. The van der Waals surface area contributed by atoms with Gasteiger partial charge in [0.05, 0.1) is 18.0 Å². The number of benzene rings is 1. The molecule has 1 aromatic carbocycles. The molecule has 1 aromatic heterocycles. The molecule has 152 valence electrons. The van der Waals surface area contributed by atoms with E-state index in [1.807, 2.05) is 30.3 Å². The molecule has 0 spiro atoms. The fraction of sp³-hybridized carbons (Fsp3) is 0.455. The number of piperazine rings is 1. The Morgan fingerprint density at radius 1 is 1.03 bits per heavy atom. The second kappa shape index (κ2) is 6.91. The van der Waals surface area contributed by atoms with Crippen LogP contribution in [0.3, 0.4) is 0 Å². The van der Waals surface area contributed by atoms with E-state index in [0.29, 0.717) is 44.6 Å². The van der Waals surface area contributed by atoms with Crippen molar-refractivity contribution in [1.29, 1.82) is 0 Å². The molecule has 2 fully saturated rings. The number of hydrogen-bond acceptors (Lipinski definition) is 5. The molecule has 1 atom stereocenters. The molecule has 3 heterocycles. The normalized spacial score (nSPS) is 22.6. The predicted octanol–water partition coefficient (Wildman–Crippen LogP) is 2.19. The van der Waals surface area contributed by atoms with E-state index >= 15 is 0 Å². The van der Waals surface area contributed by atoms with Crippen molar-refractivity contribution in [3.8, 4) is 0 Å². The number of furan rings is 1. The highest BCUT2D eigenvalue weighted by molar-refractivity contribution is 5.94. The van der Waals surface area contributed by atoms with Gasteiger partial charge >= 0.3 is 0 Å². The summed E-state index contributed by atoms with van der Waals surface area (Å²) < 4.78 is 5.45. The summed E-state index contributed by atoms with van der Waals surface area (Å²) in [7, 11) is 0. The Morgan fingerprint density at radius 2 is 1.72 bits per heavy atom. The number of rotatable bonds is 3. The van der Waals surface area contributed by atoms with Gasteiger partial charge in [0, 0.05) is 38.2 Å². The van der Waals surface area contributed by atoms with Crippen LogP contribution in [0.2, 0.25) is 0 Å². The van der Waals surface area contributed by atoms with Crippen molar-refractivity contribution in [1.82, 2.24) is 9.80 Å². The van der Waals surface area contributed by atoms with E-state index in [2.05, 4.69) is 5.32 Å². The number of amides is 2. The van der Waals surface area contributed by atoms with Crippen molar-refractivity contribution in [2.45, 2.75) is 37.3 Å². The molecule has 1 aliphatic carbocycles. The zero-order chi connectivity index (χ0) is 20.0. The van der Waals surface area contributed by atoms with E-state index in [1.165, 1.54) is 0 Å². The summed E-state index contributed by atoms with van der Waals surface area (Å²) in [6.45, 7) is 1.94. The molecule has 7 heteroatoms. The minimum Gasteiger partial charge on any atom is -0.467 e. The Balaban J connectivity index is 1.20. The molecule has 7 nitrogen and oxygen atoms in total. The summed E-state index contributed by atoms with van der Waals surface area (Å²) >= 11 is 0. The SMILES string of the molecule is O=C(c1ccc(C2CCc3occc3N2)cc1)N1CCN(C(=O)C2(O)CC2)CC1. The molecule has 5 rings (SSSR count). The molecule has 29 heavy (non-hydrogen) atoms. The molecule has 1 saturated carbocycles. The van der Waals surface area contributed by atoms with Gasteiger partial charge in [-0.05, 0) is 43.0 Å². The van der Waals surface area contributed by atoms with Crippen LogP contribution in [-0.2, 0) is 11.2 Å². The van der Waals surface area contributed by atoms with Crippen LogP contribution in [-0.4, -0.2) is 58.5 Å². The van der Waals surface area contributed by atoms with Crippen LogP contribution < -0.4 is 5.32 Å².